The van der Waals surface area contributed by atoms with Gasteiger partial charge in [0, 0.05) is 4.90 Å². The first kappa shape index (κ1) is 11.3. The first-order valence-electron chi connectivity index (χ1n) is 5.27. The summed E-state index contributed by atoms with van der Waals surface area (Å²) in [5.74, 6) is -0.740. The summed E-state index contributed by atoms with van der Waals surface area (Å²) in [5.41, 5.74) is 3.54. The molecule has 0 radical (unpaired) electrons. The fraction of sp³-hybridized carbons (Fsp3) is 0.308. The first-order chi connectivity index (χ1) is 7.69. The van der Waals surface area contributed by atoms with Crippen molar-refractivity contribution in [1.82, 2.24) is 0 Å². The van der Waals surface area contributed by atoms with Crippen LogP contribution < -0.4 is 0 Å². The van der Waals surface area contributed by atoms with E-state index in [0.717, 1.165) is 18.4 Å². The molecule has 0 spiro atoms. The molecule has 0 heterocycles. The molecule has 0 saturated heterocycles. The van der Waals surface area contributed by atoms with Crippen LogP contribution in [0.25, 0.3) is 6.08 Å². The van der Waals surface area contributed by atoms with Gasteiger partial charge in [-0.05, 0) is 42.4 Å². The van der Waals surface area contributed by atoms with Crippen LogP contribution >= 0.6 is 11.8 Å². The second-order valence-corrected chi connectivity index (χ2v) is 4.82. The number of carboxylic acids is 1. The predicted octanol–water partition coefficient (Wildman–Crippen LogP) is 3.21. The molecule has 1 aliphatic carbocycles. The van der Waals surface area contributed by atoms with Crippen LogP contribution in [0.1, 0.15) is 24.0 Å². The highest BCUT2D eigenvalue weighted by atomic mass is 32.2. The van der Waals surface area contributed by atoms with Crippen molar-refractivity contribution in [2.45, 2.75) is 24.2 Å². The molecule has 16 heavy (non-hydrogen) atoms. The SMILES string of the molecule is CSc1ccc2c(c1)CCC(CC(=O)O)=C2. The Kier molecular flexibility index (Phi) is 3.34. The molecule has 84 valence electrons. The Hall–Kier alpha value is -1.22. The maximum atomic E-state index is 10.6. The van der Waals surface area contributed by atoms with Crippen molar-refractivity contribution in [3.63, 3.8) is 0 Å². The van der Waals surface area contributed by atoms with Gasteiger partial charge in [0.05, 0.1) is 6.42 Å². The Balaban J connectivity index is 2.27. The fourth-order valence-electron chi connectivity index (χ4n) is 1.99. The number of carboxylic acid groups (broad SMARTS) is 1. The minimum atomic E-state index is -0.740. The summed E-state index contributed by atoms with van der Waals surface area (Å²) >= 11 is 1.74. The summed E-state index contributed by atoms with van der Waals surface area (Å²) in [6.07, 6.45) is 6.09. The normalized spacial score (nSPS) is 14.2. The minimum Gasteiger partial charge on any atom is -0.481 e. The maximum absolute atomic E-state index is 10.6. The molecule has 0 bridgehead atoms. The average molecular weight is 234 g/mol. The van der Waals surface area contributed by atoms with Crippen LogP contribution in [0.4, 0.5) is 0 Å². The third-order valence-electron chi connectivity index (χ3n) is 2.80. The van der Waals surface area contributed by atoms with Gasteiger partial charge in [-0.3, -0.25) is 4.79 Å². The van der Waals surface area contributed by atoms with Crippen LogP contribution in [0.3, 0.4) is 0 Å². The summed E-state index contributed by atoms with van der Waals surface area (Å²) in [4.78, 5) is 11.9. The summed E-state index contributed by atoms with van der Waals surface area (Å²) in [5, 5.41) is 8.75. The predicted molar refractivity (Wildman–Crippen MR) is 66.8 cm³/mol. The van der Waals surface area contributed by atoms with Crippen molar-refractivity contribution in [3.8, 4) is 0 Å². The number of aryl methyl sites for hydroxylation is 1. The van der Waals surface area contributed by atoms with Gasteiger partial charge in [-0.1, -0.05) is 17.7 Å². The quantitative estimate of drug-likeness (QED) is 0.816. The zero-order valence-corrected chi connectivity index (χ0v) is 10.0. The van der Waals surface area contributed by atoms with Gasteiger partial charge in [0.1, 0.15) is 0 Å². The fourth-order valence-corrected chi connectivity index (χ4v) is 2.45. The van der Waals surface area contributed by atoms with E-state index in [0.29, 0.717) is 0 Å². The summed E-state index contributed by atoms with van der Waals surface area (Å²) in [7, 11) is 0. The van der Waals surface area contributed by atoms with Gasteiger partial charge in [-0.15, -0.1) is 11.8 Å². The Bertz CT molecular complexity index is 449. The lowest BCUT2D eigenvalue weighted by molar-refractivity contribution is -0.136. The van der Waals surface area contributed by atoms with Crippen molar-refractivity contribution in [3.05, 3.63) is 34.9 Å². The molecule has 2 nitrogen and oxygen atoms in total. The molecule has 0 fully saturated rings. The standard InChI is InChI=1S/C13H14O2S/c1-16-12-5-4-10-6-9(7-13(14)15)2-3-11(10)8-12/h4-6,8H,2-3,7H2,1H3,(H,14,15). The van der Waals surface area contributed by atoms with E-state index in [4.69, 9.17) is 5.11 Å². The summed E-state index contributed by atoms with van der Waals surface area (Å²) < 4.78 is 0. The van der Waals surface area contributed by atoms with Crippen molar-refractivity contribution in [2.24, 2.45) is 0 Å². The molecular weight excluding hydrogens is 220 g/mol. The molecule has 2 rings (SSSR count). The zero-order valence-electron chi connectivity index (χ0n) is 9.19. The lowest BCUT2D eigenvalue weighted by Crippen LogP contribution is -2.04. The van der Waals surface area contributed by atoms with Crippen LogP contribution in [0.15, 0.2) is 28.7 Å². The monoisotopic (exact) mass is 234 g/mol. The third-order valence-corrected chi connectivity index (χ3v) is 3.53. The number of benzene rings is 1. The van der Waals surface area contributed by atoms with Crippen LogP contribution in [0, 0.1) is 0 Å². The highest BCUT2D eigenvalue weighted by Crippen LogP contribution is 2.28. The van der Waals surface area contributed by atoms with Crippen LogP contribution in [0.5, 0.6) is 0 Å². The molecule has 0 aromatic heterocycles. The molecule has 0 unspecified atom stereocenters. The van der Waals surface area contributed by atoms with Crippen molar-refractivity contribution in [1.29, 1.82) is 0 Å². The minimum absolute atomic E-state index is 0.170. The lowest BCUT2D eigenvalue weighted by atomic mass is 9.91. The van der Waals surface area contributed by atoms with Crippen LogP contribution in [-0.2, 0) is 11.2 Å². The number of aliphatic carboxylic acids is 1. The first-order valence-corrected chi connectivity index (χ1v) is 6.49. The summed E-state index contributed by atoms with van der Waals surface area (Å²) in [6.45, 7) is 0. The molecule has 0 amide bonds. The van der Waals surface area contributed by atoms with Gasteiger partial charge in [0.2, 0.25) is 0 Å². The van der Waals surface area contributed by atoms with Crippen LogP contribution in [0.2, 0.25) is 0 Å². The Morgan fingerprint density at radius 3 is 2.94 bits per heavy atom. The van der Waals surface area contributed by atoms with E-state index in [1.807, 2.05) is 6.08 Å². The number of hydrogen-bond donors (Lipinski definition) is 1. The van der Waals surface area contributed by atoms with E-state index >= 15 is 0 Å². The van der Waals surface area contributed by atoms with E-state index in [1.54, 1.807) is 11.8 Å². The molecule has 0 saturated carbocycles. The molecule has 1 aromatic carbocycles. The lowest BCUT2D eigenvalue weighted by Gasteiger charge is -2.16. The Morgan fingerprint density at radius 1 is 1.44 bits per heavy atom. The number of thioether (sulfide) groups is 1. The molecule has 0 atom stereocenters. The molecule has 1 aromatic rings. The average Bonchev–Trinajstić information content (AvgIpc) is 2.27. The molecule has 1 N–H and O–H groups in total. The van der Waals surface area contributed by atoms with Gasteiger partial charge in [0.15, 0.2) is 0 Å². The van der Waals surface area contributed by atoms with Gasteiger partial charge in [-0.25, -0.2) is 0 Å². The Labute approximate surface area is 99.4 Å². The maximum Gasteiger partial charge on any atom is 0.307 e. The van der Waals surface area contributed by atoms with Crippen molar-refractivity contribution in [2.75, 3.05) is 6.26 Å². The molecular formula is C13H14O2S. The second kappa shape index (κ2) is 4.74. The topological polar surface area (TPSA) is 37.3 Å². The zero-order chi connectivity index (χ0) is 11.5. The van der Waals surface area contributed by atoms with E-state index < -0.39 is 5.97 Å². The molecule has 1 aliphatic rings. The molecule has 3 heteroatoms. The van der Waals surface area contributed by atoms with Gasteiger partial charge in [0.25, 0.3) is 0 Å². The van der Waals surface area contributed by atoms with E-state index in [1.165, 1.54) is 16.0 Å². The highest BCUT2D eigenvalue weighted by molar-refractivity contribution is 7.98. The number of carbonyl (C=O) groups is 1. The van der Waals surface area contributed by atoms with Crippen molar-refractivity contribution >= 4 is 23.8 Å². The van der Waals surface area contributed by atoms with Gasteiger partial charge < -0.3 is 5.11 Å². The van der Waals surface area contributed by atoms with Crippen LogP contribution in [-0.4, -0.2) is 17.3 Å². The largest absolute Gasteiger partial charge is 0.481 e. The smallest absolute Gasteiger partial charge is 0.307 e. The second-order valence-electron chi connectivity index (χ2n) is 3.94. The molecule has 0 aliphatic heterocycles. The Morgan fingerprint density at radius 2 is 2.25 bits per heavy atom. The highest BCUT2D eigenvalue weighted by Gasteiger charge is 2.12. The van der Waals surface area contributed by atoms with Crippen molar-refractivity contribution < 1.29 is 9.90 Å². The van der Waals surface area contributed by atoms with E-state index in [9.17, 15) is 4.79 Å². The van der Waals surface area contributed by atoms with E-state index in [-0.39, 0.29) is 6.42 Å². The van der Waals surface area contributed by atoms with Gasteiger partial charge in [-0.2, -0.15) is 0 Å². The number of fused-ring (bicyclic) bond motifs is 1. The number of hydrogen-bond acceptors (Lipinski definition) is 2. The number of rotatable bonds is 3. The third kappa shape index (κ3) is 2.47. The van der Waals surface area contributed by atoms with Gasteiger partial charge >= 0.3 is 5.97 Å². The summed E-state index contributed by atoms with van der Waals surface area (Å²) in [6, 6.07) is 6.37. The van der Waals surface area contributed by atoms with E-state index in [2.05, 4.69) is 24.5 Å².